The van der Waals surface area contributed by atoms with Crippen LogP contribution in [0.1, 0.15) is 39.0 Å². The lowest BCUT2D eigenvalue weighted by atomic mass is 9.89. The SMILES string of the molecule is CSc1ccccc1NC(=O)CN(C)[C@H](C)C(=O)NCC1CCCCC1. The standard InChI is InChI=1S/C20H31N3O2S/c1-15(20(25)21-13-16-9-5-4-6-10-16)23(2)14-19(24)22-17-11-7-8-12-18(17)26-3/h7-8,11-12,15-16H,4-6,9-10,13-14H2,1-3H3,(H,21,25)(H,22,24)/t15-/m1/s1. The van der Waals surface area contributed by atoms with E-state index < -0.39 is 0 Å². The molecule has 1 saturated carbocycles. The number of carbonyl (C=O) groups excluding carboxylic acids is 2. The molecular formula is C20H31N3O2S. The number of amides is 2. The zero-order chi connectivity index (χ0) is 18.9. The van der Waals surface area contributed by atoms with E-state index in [1.54, 1.807) is 16.7 Å². The molecule has 0 unspecified atom stereocenters. The summed E-state index contributed by atoms with van der Waals surface area (Å²) in [6.07, 6.45) is 8.26. The van der Waals surface area contributed by atoms with Gasteiger partial charge in [-0.2, -0.15) is 0 Å². The molecule has 1 fully saturated rings. The van der Waals surface area contributed by atoms with E-state index in [4.69, 9.17) is 0 Å². The quantitative estimate of drug-likeness (QED) is 0.682. The number of para-hydroxylation sites is 1. The predicted molar refractivity (Wildman–Crippen MR) is 109 cm³/mol. The number of carbonyl (C=O) groups is 2. The Morgan fingerprint density at radius 1 is 1.23 bits per heavy atom. The molecule has 0 saturated heterocycles. The molecule has 1 atom stereocenters. The summed E-state index contributed by atoms with van der Waals surface area (Å²) in [5.41, 5.74) is 0.813. The number of hydrogen-bond donors (Lipinski definition) is 2. The van der Waals surface area contributed by atoms with Gasteiger partial charge >= 0.3 is 0 Å². The summed E-state index contributed by atoms with van der Waals surface area (Å²) in [5, 5.41) is 6.00. The van der Waals surface area contributed by atoms with Crippen molar-refractivity contribution in [2.24, 2.45) is 5.92 Å². The third kappa shape index (κ3) is 6.32. The van der Waals surface area contributed by atoms with E-state index >= 15 is 0 Å². The molecule has 0 radical (unpaired) electrons. The van der Waals surface area contributed by atoms with Gasteiger partial charge in [-0.25, -0.2) is 0 Å². The Labute approximate surface area is 161 Å². The number of benzene rings is 1. The molecule has 0 spiro atoms. The molecule has 5 nitrogen and oxygen atoms in total. The Kier molecular flexibility index (Phi) is 8.45. The Hall–Kier alpha value is -1.53. The van der Waals surface area contributed by atoms with Crippen LogP contribution in [0.5, 0.6) is 0 Å². The van der Waals surface area contributed by atoms with Crippen LogP contribution < -0.4 is 10.6 Å². The molecule has 26 heavy (non-hydrogen) atoms. The summed E-state index contributed by atoms with van der Waals surface area (Å²) in [6.45, 7) is 2.78. The largest absolute Gasteiger partial charge is 0.354 e. The molecule has 2 N–H and O–H groups in total. The topological polar surface area (TPSA) is 61.4 Å². The average Bonchev–Trinajstić information content (AvgIpc) is 2.66. The fourth-order valence-electron chi connectivity index (χ4n) is 3.29. The zero-order valence-electron chi connectivity index (χ0n) is 16.1. The second-order valence-electron chi connectivity index (χ2n) is 7.09. The van der Waals surface area contributed by atoms with E-state index in [-0.39, 0.29) is 24.4 Å². The van der Waals surface area contributed by atoms with Crippen LogP contribution >= 0.6 is 11.8 Å². The molecule has 0 aliphatic heterocycles. The highest BCUT2D eigenvalue weighted by atomic mass is 32.2. The van der Waals surface area contributed by atoms with Gasteiger partial charge < -0.3 is 10.6 Å². The van der Waals surface area contributed by atoms with Gasteiger partial charge in [-0.3, -0.25) is 14.5 Å². The van der Waals surface area contributed by atoms with Crippen LogP contribution in [0.15, 0.2) is 29.2 Å². The summed E-state index contributed by atoms with van der Waals surface area (Å²) in [4.78, 5) is 27.5. The first-order valence-electron chi connectivity index (χ1n) is 9.42. The van der Waals surface area contributed by atoms with Crippen molar-refractivity contribution >= 4 is 29.3 Å². The van der Waals surface area contributed by atoms with E-state index in [2.05, 4.69) is 10.6 Å². The van der Waals surface area contributed by atoms with Crippen LogP contribution in [0.2, 0.25) is 0 Å². The van der Waals surface area contributed by atoms with Crippen molar-refractivity contribution in [3.63, 3.8) is 0 Å². The second-order valence-corrected chi connectivity index (χ2v) is 7.94. The Morgan fingerprint density at radius 3 is 2.62 bits per heavy atom. The van der Waals surface area contributed by atoms with Gasteiger partial charge in [-0.1, -0.05) is 31.4 Å². The van der Waals surface area contributed by atoms with Crippen LogP contribution in [0.3, 0.4) is 0 Å². The third-order valence-electron chi connectivity index (χ3n) is 5.10. The van der Waals surface area contributed by atoms with Crippen molar-refractivity contribution in [2.75, 3.05) is 31.7 Å². The highest BCUT2D eigenvalue weighted by molar-refractivity contribution is 7.98. The molecule has 2 amide bonds. The van der Waals surface area contributed by atoms with Gasteiger partial charge in [0.25, 0.3) is 0 Å². The molecule has 1 aliphatic rings. The molecule has 1 aromatic carbocycles. The van der Waals surface area contributed by atoms with Crippen LogP contribution in [-0.4, -0.2) is 49.1 Å². The fourth-order valence-corrected chi connectivity index (χ4v) is 3.84. The third-order valence-corrected chi connectivity index (χ3v) is 5.90. The Balaban J connectivity index is 1.78. The summed E-state index contributed by atoms with van der Waals surface area (Å²) in [6, 6.07) is 7.39. The maximum absolute atomic E-state index is 12.4. The zero-order valence-corrected chi connectivity index (χ0v) is 16.9. The molecule has 1 aliphatic carbocycles. The van der Waals surface area contributed by atoms with Crippen molar-refractivity contribution < 1.29 is 9.59 Å². The van der Waals surface area contributed by atoms with Crippen LogP contribution in [0, 0.1) is 5.92 Å². The van der Waals surface area contributed by atoms with Crippen molar-refractivity contribution in [3.05, 3.63) is 24.3 Å². The number of hydrogen-bond acceptors (Lipinski definition) is 4. The number of anilines is 1. The fraction of sp³-hybridized carbons (Fsp3) is 0.600. The van der Waals surface area contributed by atoms with Gasteiger partial charge in [0.2, 0.25) is 11.8 Å². The first-order chi connectivity index (χ1) is 12.5. The lowest BCUT2D eigenvalue weighted by molar-refractivity contribution is -0.126. The van der Waals surface area contributed by atoms with Crippen LogP contribution in [-0.2, 0) is 9.59 Å². The Bertz CT molecular complexity index is 602. The molecule has 6 heteroatoms. The minimum absolute atomic E-state index is 0.00427. The maximum Gasteiger partial charge on any atom is 0.238 e. The van der Waals surface area contributed by atoms with E-state index in [9.17, 15) is 9.59 Å². The molecule has 144 valence electrons. The number of nitrogens with zero attached hydrogens (tertiary/aromatic N) is 1. The predicted octanol–water partition coefficient (Wildman–Crippen LogP) is 3.36. The normalized spacial score (nSPS) is 16.3. The van der Waals surface area contributed by atoms with Crippen LogP contribution in [0.25, 0.3) is 0 Å². The lowest BCUT2D eigenvalue weighted by Gasteiger charge is -2.26. The van der Waals surface area contributed by atoms with Crippen molar-refractivity contribution in [3.8, 4) is 0 Å². The van der Waals surface area contributed by atoms with E-state index in [0.29, 0.717) is 5.92 Å². The molecule has 0 bridgehead atoms. The van der Waals surface area contributed by atoms with Crippen LogP contribution in [0.4, 0.5) is 5.69 Å². The maximum atomic E-state index is 12.4. The molecule has 0 heterocycles. The number of likely N-dealkylation sites (N-methyl/N-ethyl adjacent to an activating group) is 1. The summed E-state index contributed by atoms with van der Waals surface area (Å²) in [5.74, 6) is 0.493. The first-order valence-corrected chi connectivity index (χ1v) is 10.6. The van der Waals surface area contributed by atoms with Gasteiger partial charge in [-0.05, 0) is 51.1 Å². The average molecular weight is 378 g/mol. The second kappa shape index (κ2) is 10.6. The smallest absolute Gasteiger partial charge is 0.238 e. The minimum Gasteiger partial charge on any atom is -0.354 e. The summed E-state index contributed by atoms with van der Waals surface area (Å²) in [7, 11) is 1.81. The molecule has 1 aromatic rings. The molecule has 0 aromatic heterocycles. The van der Waals surface area contributed by atoms with E-state index in [1.165, 1.54) is 32.1 Å². The highest BCUT2D eigenvalue weighted by Gasteiger charge is 2.22. The number of rotatable bonds is 8. The first kappa shape index (κ1) is 20.8. The van der Waals surface area contributed by atoms with Crippen molar-refractivity contribution in [1.82, 2.24) is 10.2 Å². The minimum atomic E-state index is -0.333. The summed E-state index contributed by atoms with van der Waals surface area (Å²) < 4.78 is 0. The number of nitrogens with one attached hydrogen (secondary N) is 2. The van der Waals surface area contributed by atoms with Gasteiger partial charge in [0.15, 0.2) is 0 Å². The molecule has 2 rings (SSSR count). The van der Waals surface area contributed by atoms with Crippen molar-refractivity contribution in [2.45, 2.75) is 50.0 Å². The van der Waals surface area contributed by atoms with E-state index in [1.807, 2.05) is 44.5 Å². The summed E-state index contributed by atoms with van der Waals surface area (Å²) >= 11 is 1.60. The van der Waals surface area contributed by atoms with Gasteiger partial charge in [0.05, 0.1) is 18.3 Å². The van der Waals surface area contributed by atoms with Gasteiger partial charge in [0.1, 0.15) is 0 Å². The van der Waals surface area contributed by atoms with Gasteiger partial charge in [0, 0.05) is 11.4 Å². The van der Waals surface area contributed by atoms with Crippen molar-refractivity contribution in [1.29, 1.82) is 0 Å². The monoisotopic (exact) mass is 377 g/mol. The Morgan fingerprint density at radius 2 is 1.92 bits per heavy atom. The van der Waals surface area contributed by atoms with E-state index in [0.717, 1.165) is 17.1 Å². The number of thioether (sulfide) groups is 1. The molecular weight excluding hydrogens is 346 g/mol. The lowest BCUT2D eigenvalue weighted by Crippen LogP contribution is -2.47. The highest BCUT2D eigenvalue weighted by Crippen LogP contribution is 2.24. The van der Waals surface area contributed by atoms with Gasteiger partial charge in [-0.15, -0.1) is 11.8 Å².